The summed E-state index contributed by atoms with van der Waals surface area (Å²) < 4.78 is 0. The van der Waals surface area contributed by atoms with Crippen LogP contribution in [0, 0.1) is 0 Å². The third-order valence-corrected chi connectivity index (χ3v) is 3.89. The summed E-state index contributed by atoms with van der Waals surface area (Å²) in [6.07, 6.45) is 2.46. The van der Waals surface area contributed by atoms with Crippen LogP contribution in [-0.4, -0.2) is 6.10 Å². The summed E-state index contributed by atoms with van der Waals surface area (Å²) in [5.41, 5.74) is 3.99. The Bertz CT molecular complexity index is 566. The van der Waals surface area contributed by atoms with E-state index in [4.69, 9.17) is 4.84 Å². The minimum absolute atomic E-state index is 0.338. The van der Waals surface area contributed by atoms with Crippen molar-refractivity contribution in [3.63, 3.8) is 0 Å². The van der Waals surface area contributed by atoms with Gasteiger partial charge in [-0.3, -0.25) is 4.84 Å². The number of benzene rings is 2. The quantitative estimate of drug-likeness (QED) is 0.752. The van der Waals surface area contributed by atoms with Gasteiger partial charge in [0.15, 0.2) is 0 Å². The van der Waals surface area contributed by atoms with Crippen LogP contribution in [0.25, 0.3) is 0 Å². The molecule has 2 aliphatic heterocycles. The van der Waals surface area contributed by atoms with E-state index in [1.54, 1.807) is 0 Å². The number of hydrogen-bond donors (Lipinski definition) is 0. The highest BCUT2D eigenvalue weighted by Crippen LogP contribution is 2.44. The summed E-state index contributed by atoms with van der Waals surface area (Å²) in [4.78, 5) is 6.02. The highest BCUT2D eigenvalue weighted by Gasteiger charge is 2.39. The van der Waals surface area contributed by atoms with Crippen LogP contribution in [0.4, 0.5) is 5.69 Å². The Balaban J connectivity index is 1.78. The molecule has 0 amide bonds. The van der Waals surface area contributed by atoms with E-state index in [0.717, 1.165) is 12.8 Å². The topological polar surface area (TPSA) is 12.5 Å². The van der Waals surface area contributed by atoms with Gasteiger partial charge in [0.25, 0.3) is 0 Å². The van der Waals surface area contributed by atoms with Gasteiger partial charge in [0.05, 0.1) is 17.8 Å². The zero-order valence-corrected chi connectivity index (χ0v) is 10.1. The molecule has 2 aromatic rings. The van der Waals surface area contributed by atoms with Gasteiger partial charge >= 0.3 is 0 Å². The molecule has 0 N–H and O–H groups in total. The number of nitrogens with zero attached hydrogens (tertiary/aromatic N) is 1. The fourth-order valence-electron chi connectivity index (χ4n) is 3.06. The number of rotatable bonds is 1. The predicted molar refractivity (Wildman–Crippen MR) is 71.3 cm³/mol. The third kappa shape index (κ3) is 1.46. The molecule has 90 valence electrons. The average Bonchev–Trinajstić information content (AvgIpc) is 2.78. The molecule has 2 aromatic carbocycles. The molecule has 0 aliphatic carbocycles. The molecule has 1 saturated heterocycles. The summed E-state index contributed by atoms with van der Waals surface area (Å²) in [6.45, 7) is 0. The van der Waals surface area contributed by atoms with Crippen molar-refractivity contribution in [2.24, 2.45) is 0 Å². The molecule has 0 aromatic heterocycles. The standard InChI is InChI=1S/C16H15NO/c1-2-6-12(7-3-1)16-11-14-10-13-8-4-5-9-15(13)17(16)18-14/h1-9,14,16H,10-11H2/t14-,16-/m0/s1. The van der Waals surface area contributed by atoms with Gasteiger partial charge in [0.1, 0.15) is 0 Å². The van der Waals surface area contributed by atoms with Crippen LogP contribution in [-0.2, 0) is 11.3 Å². The molecule has 2 atom stereocenters. The second-order valence-corrected chi connectivity index (χ2v) is 5.05. The molecule has 2 nitrogen and oxygen atoms in total. The minimum Gasteiger partial charge on any atom is -0.269 e. The first kappa shape index (κ1) is 10.2. The molecule has 0 radical (unpaired) electrons. The normalized spacial score (nSPS) is 25.0. The van der Waals surface area contributed by atoms with Crippen LogP contribution in [0.15, 0.2) is 54.6 Å². The molecule has 0 spiro atoms. The zero-order valence-electron chi connectivity index (χ0n) is 10.1. The molecule has 2 aliphatic rings. The molecule has 0 saturated carbocycles. The Morgan fingerprint density at radius 1 is 0.944 bits per heavy atom. The fraction of sp³-hybridized carbons (Fsp3) is 0.250. The minimum atomic E-state index is 0.338. The monoisotopic (exact) mass is 237 g/mol. The van der Waals surface area contributed by atoms with Crippen LogP contribution < -0.4 is 5.06 Å². The van der Waals surface area contributed by atoms with Crippen molar-refractivity contribution in [2.75, 3.05) is 5.06 Å². The molecule has 2 heteroatoms. The molecule has 4 rings (SSSR count). The van der Waals surface area contributed by atoms with Gasteiger partial charge < -0.3 is 0 Å². The first-order chi connectivity index (χ1) is 8.92. The maximum atomic E-state index is 6.02. The van der Waals surface area contributed by atoms with Gasteiger partial charge in [0.2, 0.25) is 0 Å². The van der Waals surface area contributed by atoms with Crippen LogP contribution in [0.1, 0.15) is 23.6 Å². The summed E-state index contributed by atoms with van der Waals surface area (Å²) >= 11 is 0. The Hall–Kier alpha value is -1.80. The number of hydroxylamine groups is 1. The lowest BCUT2D eigenvalue weighted by Crippen LogP contribution is -2.27. The van der Waals surface area contributed by atoms with Gasteiger partial charge in [-0.05, 0) is 17.2 Å². The Morgan fingerprint density at radius 3 is 2.61 bits per heavy atom. The molecule has 1 fully saturated rings. The SMILES string of the molecule is c1ccc([C@@H]2C[C@@H]3Cc4ccccc4N2O3)cc1. The second kappa shape index (κ2) is 3.85. The van der Waals surface area contributed by atoms with Crippen molar-refractivity contribution in [3.8, 4) is 0 Å². The predicted octanol–water partition coefficient (Wildman–Crippen LogP) is 3.49. The van der Waals surface area contributed by atoms with E-state index in [2.05, 4.69) is 59.7 Å². The Kier molecular flexibility index (Phi) is 2.17. The van der Waals surface area contributed by atoms with E-state index in [0.29, 0.717) is 12.1 Å². The lowest BCUT2D eigenvalue weighted by Gasteiger charge is -2.30. The van der Waals surface area contributed by atoms with Gasteiger partial charge in [-0.25, -0.2) is 5.06 Å². The van der Waals surface area contributed by atoms with Crippen LogP contribution in [0.5, 0.6) is 0 Å². The highest BCUT2D eigenvalue weighted by molar-refractivity contribution is 5.56. The van der Waals surface area contributed by atoms with Crippen molar-refractivity contribution in [1.29, 1.82) is 0 Å². The maximum absolute atomic E-state index is 6.02. The summed E-state index contributed by atoms with van der Waals surface area (Å²) in [6, 6.07) is 19.6. The summed E-state index contributed by atoms with van der Waals surface area (Å²) in [5.74, 6) is 0. The Morgan fingerprint density at radius 2 is 1.72 bits per heavy atom. The van der Waals surface area contributed by atoms with Crippen molar-refractivity contribution < 1.29 is 4.84 Å². The molecule has 18 heavy (non-hydrogen) atoms. The molecule has 2 bridgehead atoms. The molecule has 0 unspecified atom stereocenters. The number of anilines is 1. The van der Waals surface area contributed by atoms with Crippen LogP contribution in [0.2, 0.25) is 0 Å². The van der Waals surface area contributed by atoms with Crippen molar-refractivity contribution in [3.05, 3.63) is 65.7 Å². The lowest BCUT2D eigenvalue weighted by atomic mass is 10.0. The first-order valence-electron chi connectivity index (χ1n) is 6.51. The Labute approximate surface area is 107 Å². The molecular formula is C16H15NO. The fourth-order valence-corrected chi connectivity index (χ4v) is 3.06. The van der Waals surface area contributed by atoms with E-state index in [1.807, 2.05) is 0 Å². The maximum Gasteiger partial charge on any atom is 0.0921 e. The van der Waals surface area contributed by atoms with E-state index in [-0.39, 0.29) is 0 Å². The van der Waals surface area contributed by atoms with Crippen molar-refractivity contribution in [2.45, 2.75) is 25.0 Å². The number of para-hydroxylation sites is 1. The molecule has 2 heterocycles. The van der Waals surface area contributed by atoms with Gasteiger partial charge in [-0.2, -0.15) is 0 Å². The lowest BCUT2D eigenvalue weighted by molar-refractivity contribution is 0.0734. The second-order valence-electron chi connectivity index (χ2n) is 5.05. The first-order valence-corrected chi connectivity index (χ1v) is 6.51. The van der Waals surface area contributed by atoms with Crippen LogP contribution >= 0.6 is 0 Å². The van der Waals surface area contributed by atoms with E-state index < -0.39 is 0 Å². The van der Waals surface area contributed by atoms with Gasteiger partial charge in [-0.1, -0.05) is 48.5 Å². The van der Waals surface area contributed by atoms with Gasteiger partial charge in [0, 0.05) is 12.8 Å². The summed E-state index contributed by atoms with van der Waals surface area (Å²) in [5, 5.41) is 2.11. The van der Waals surface area contributed by atoms with E-state index in [9.17, 15) is 0 Å². The number of hydrogen-bond acceptors (Lipinski definition) is 2. The molecular weight excluding hydrogens is 222 g/mol. The largest absolute Gasteiger partial charge is 0.269 e. The van der Waals surface area contributed by atoms with E-state index in [1.165, 1.54) is 16.8 Å². The van der Waals surface area contributed by atoms with Crippen molar-refractivity contribution in [1.82, 2.24) is 0 Å². The summed E-state index contributed by atoms with van der Waals surface area (Å²) in [7, 11) is 0. The third-order valence-electron chi connectivity index (χ3n) is 3.89. The van der Waals surface area contributed by atoms with E-state index >= 15 is 0 Å². The highest BCUT2D eigenvalue weighted by atomic mass is 16.7. The smallest absolute Gasteiger partial charge is 0.0921 e. The van der Waals surface area contributed by atoms with Gasteiger partial charge in [-0.15, -0.1) is 0 Å². The van der Waals surface area contributed by atoms with Crippen molar-refractivity contribution >= 4 is 5.69 Å². The number of fused-ring (bicyclic) bond motifs is 4. The average molecular weight is 237 g/mol. The zero-order chi connectivity index (χ0) is 11.9. The van der Waals surface area contributed by atoms with Crippen LogP contribution in [0.3, 0.4) is 0 Å².